The highest BCUT2D eigenvalue weighted by Crippen LogP contribution is 2.27. The van der Waals surface area contributed by atoms with Crippen LogP contribution in [0.1, 0.15) is 43.0 Å². The molecular formula is C26H28N4. The molecule has 3 aromatic carbocycles. The van der Waals surface area contributed by atoms with E-state index >= 15 is 0 Å². The van der Waals surface area contributed by atoms with Crippen LogP contribution in [-0.4, -0.2) is 25.6 Å². The fourth-order valence-corrected chi connectivity index (χ4v) is 3.48. The van der Waals surface area contributed by atoms with Crippen LogP contribution in [0, 0.1) is 0 Å². The number of anilines is 1. The van der Waals surface area contributed by atoms with Crippen LogP contribution < -0.4 is 10.3 Å². The van der Waals surface area contributed by atoms with Crippen molar-refractivity contribution < 1.29 is 0 Å². The molecule has 4 heteroatoms. The number of para-hydroxylation sites is 1. The van der Waals surface area contributed by atoms with Crippen molar-refractivity contribution in [3.05, 3.63) is 95.1 Å². The standard InChI is InChI=1S/C26H28N4/c1-26(2,3)20-14-10-19(11-15-20)25-27-23-9-7-6-8-22(23)24(28-29-25)18-12-16-21(17-13-18)30(4)5/h6-17H,1-5H3,(H,27,29). The summed E-state index contributed by atoms with van der Waals surface area (Å²) in [6.07, 6.45) is 0. The summed E-state index contributed by atoms with van der Waals surface area (Å²) in [4.78, 5) is 7.00. The lowest BCUT2D eigenvalue weighted by Gasteiger charge is -2.19. The lowest BCUT2D eigenvalue weighted by molar-refractivity contribution is 0.590. The van der Waals surface area contributed by atoms with Gasteiger partial charge in [-0.25, -0.2) is 4.99 Å². The van der Waals surface area contributed by atoms with Crippen LogP contribution in [0.15, 0.2) is 82.9 Å². The highest BCUT2D eigenvalue weighted by molar-refractivity contribution is 6.18. The lowest BCUT2D eigenvalue weighted by Crippen LogP contribution is -2.20. The van der Waals surface area contributed by atoms with Gasteiger partial charge in [0.15, 0.2) is 5.84 Å². The largest absolute Gasteiger partial charge is 0.378 e. The number of rotatable bonds is 3. The fourth-order valence-electron chi connectivity index (χ4n) is 3.48. The van der Waals surface area contributed by atoms with Crippen molar-refractivity contribution in [3.63, 3.8) is 0 Å². The first-order chi connectivity index (χ1) is 14.3. The Morgan fingerprint density at radius 1 is 0.767 bits per heavy atom. The van der Waals surface area contributed by atoms with Gasteiger partial charge in [-0.05, 0) is 29.2 Å². The highest BCUT2D eigenvalue weighted by atomic mass is 15.3. The zero-order valence-electron chi connectivity index (χ0n) is 18.3. The maximum Gasteiger partial charge on any atom is 0.154 e. The summed E-state index contributed by atoms with van der Waals surface area (Å²) < 4.78 is 0. The minimum atomic E-state index is 0.119. The fraction of sp³-hybridized carbons (Fsp3) is 0.231. The molecule has 0 saturated carbocycles. The normalized spacial score (nSPS) is 13.5. The second kappa shape index (κ2) is 7.79. The minimum Gasteiger partial charge on any atom is -0.378 e. The SMILES string of the molecule is CN(C)c1ccc(C2=NNC(c3ccc(C(C)(C)C)cc3)=Nc3ccccc32)cc1. The minimum absolute atomic E-state index is 0.119. The predicted octanol–water partition coefficient (Wildman–Crippen LogP) is 5.48. The third-order valence-electron chi connectivity index (χ3n) is 5.35. The van der Waals surface area contributed by atoms with E-state index in [1.807, 2.05) is 32.3 Å². The molecule has 3 aromatic rings. The molecule has 0 spiro atoms. The van der Waals surface area contributed by atoms with E-state index in [0.29, 0.717) is 0 Å². The number of amidine groups is 1. The molecule has 30 heavy (non-hydrogen) atoms. The summed E-state index contributed by atoms with van der Waals surface area (Å²) in [6, 6.07) is 25.1. The second-order valence-electron chi connectivity index (χ2n) is 8.82. The van der Waals surface area contributed by atoms with Crippen LogP contribution in [-0.2, 0) is 5.41 Å². The molecule has 152 valence electrons. The van der Waals surface area contributed by atoms with Gasteiger partial charge in [0, 0.05) is 36.5 Å². The number of nitrogens with one attached hydrogen (secondary N) is 1. The maximum atomic E-state index is 4.91. The topological polar surface area (TPSA) is 40.0 Å². The molecule has 0 atom stereocenters. The average Bonchev–Trinajstić information content (AvgIpc) is 2.93. The Morgan fingerprint density at radius 3 is 2.03 bits per heavy atom. The Morgan fingerprint density at radius 2 is 1.40 bits per heavy atom. The molecule has 1 aliphatic rings. The number of aliphatic imine (C=N–C) groups is 1. The summed E-state index contributed by atoms with van der Waals surface area (Å²) >= 11 is 0. The summed E-state index contributed by atoms with van der Waals surface area (Å²) in [6.45, 7) is 6.66. The van der Waals surface area contributed by atoms with Gasteiger partial charge in [-0.3, -0.25) is 5.43 Å². The molecule has 0 unspecified atom stereocenters. The van der Waals surface area contributed by atoms with Crippen molar-refractivity contribution in [1.29, 1.82) is 0 Å². The third kappa shape index (κ3) is 3.99. The van der Waals surface area contributed by atoms with Crippen LogP contribution in [0.4, 0.5) is 11.4 Å². The molecule has 0 aliphatic carbocycles. The van der Waals surface area contributed by atoms with Crippen molar-refractivity contribution in [2.45, 2.75) is 26.2 Å². The lowest BCUT2D eigenvalue weighted by atomic mass is 9.86. The molecule has 0 saturated heterocycles. The first kappa shape index (κ1) is 19.9. The molecule has 0 fully saturated rings. The highest BCUT2D eigenvalue weighted by Gasteiger charge is 2.18. The number of hydrogen-bond donors (Lipinski definition) is 1. The van der Waals surface area contributed by atoms with E-state index in [1.54, 1.807) is 0 Å². The smallest absolute Gasteiger partial charge is 0.154 e. The van der Waals surface area contributed by atoms with E-state index in [0.717, 1.165) is 39.6 Å². The van der Waals surface area contributed by atoms with E-state index in [2.05, 4.69) is 85.7 Å². The Labute approximate surface area is 179 Å². The van der Waals surface area contributed by atoms with Gasteiger partial charge in [0.1, 0.15) is 0 Å². The van der Waals surface area contributed by atoms with Crippen LogP contribution in [0.5, 0.6) is 0 Å². The van der Waals surface area contributed by atoms with Gasteiger partial charge in [-0.15, -0.1) is 0 Å². The Bertz CT molecular complexity index is 1100. The number of hydrogen-bond acceptors (Lipinski definition) is 4. The Hall–Kier alpha value is -3.40. The molecule has 1 N–H and O–H groups in total. The van der Waals surface area contributed by atoms with Gasteiger partial charge in [0.25, 0.3) is 0 Å². The number of nitrogens with zero attached hydrogens (tertiary/aromatic N) is 3. The van der Waals surface area contributed by atoms with E-state index in [-0.39, 0.29) is 5.41 Å². The molecule has 0 radical (unpaired) electrons. The van der Waals surface area contributed by atoms with Gasteiger partial charge < -0.3 is 4.90 Å². The van der Waals surface area contributed by atoms with Gasteiger partial charge in [0.2, 0.25) is 0 Å². The van der Waals surface area contributed by atoms with Crippen LogP contribution in [0.3, 0.4) is 0 Å². The Balaban J connectivity index is 1.73. The zero-order valence-corrected chi connectivity index (χ0v) is 18.3. The number of fused-ring (bicyclic) bond motifs is 1. The second-order valence-corrected chi connectivity index (χ2v) is 8.82. The molecule has 4 rings (SSSR count). The molecular weight excluding hydrogens is 368 g/mol. The molecule has 0 bridgehead atoms. The quantitative estimate of drug-likeness (QED) is 0.636. The van der Waals surface area contributed by atoms with Crippen molar-refractivity contribution >= 4 is 22.9 Å². The van der Waals surface area contributed by atoms with Crippen LogP contribution >= 0.6 is 0 Å². The maximum absolute atomic E-state index is 4.91. The summed E-state index contributed by atoms with van der Waals surface area (Å²) in [5, 5.41) is 4.76. The van der Waals surface area contributed by atoms with Crippen molar-refractivity contribution in [1.82, 2.24) is 5.43 Å². The molecule has 0 amide bonds. The first-order valence-corrected chi connectivity index (χ1v) is 10.2. The van der Waals surface area contributed by atoms with Crippen molar-refractivity contribution in [3.8, 4) is 0 Å². The molecule has 0 aromatic heterocycles. The van der Waals surface area contributed by atoms with E-state index in [1.165, 1.54) is 5.56 Å². The van der Waals surface area contributed by atoms with Crippen molar-refractivity contribution in [2.24, 2.45) is 10.1 Å². The van der Waals surface area contributed by atoms with Gasteiger partial charge in [-0.2, -0.15) is 5.10 Å². The molecule has 1 heterocycles. The van der Waals surface area contributed by atoms with E-state index in [4.69, 9.17) is 10.1 Å². The monoisotopic (exact) mass is 396 g/mol. The van der Waals surface area contributed by atoms with Crippen LogP contribution in [0.2, 0.25) is 0 Å². The third-order valence-corrected chi connectivity index (χ3v) is 5.35. The van der Waals surface area contributed by atoms with Gasteiger partial charge in [-0.1, -0.05) is 75.4 Å². The van der Waals surface area contributed by atoms with Crippen molar-refractivity contribution in [2.75, 3.05) is 19.0 Å². The van der Waals surface area contributed by atoms with E-state index in [9.17, 15) is 0 Å². The summed E-state index contributed by atoms with van der Waals surface area (Å²) in [5.41, 5.74) is 10.7. The predicted molar refractivity (Wildman–Crippen MR) is 127 cm³/mol. The van der Waals surface area contributed by atoms with Gasteiger partial charge in [0.05, 0.1) is 11.4 Å². The molecule has 1 aliphatic heterocycles. The number of benzene rings is 3. The average molecular weight is 397 g/mol. The number of hydrazone groups is 1. The molecule has 4 nitrogen and oxygen atoms in total. The Kier molecular flexibility index (Phi) is 5.17. The van der Waals surface area contributed by atoms with Crippen LogP contribution in [0.25, 0.3) is 0 Å². The summed E-state index contributed by atoms with van der Waals surface area (Å²) in [7, 11) is 4.08. The van der Waals surface area contributed by atoms with E-state index < -0.39 is 0 Å². The zero-order chi connectivity index (χ0) is 21.3. The summed E-state index contributed by atoms with van der Waals surface area (Å²) in [5.74, 6) is 0.753. The van der Waals surface area contributed by atoms with Gasteiger partial charge >= 0.3 is 0 Å². The first-order valence-electron chi connectivity index (χ1n) is 10.2.